The average Bonchev–Trinajstić information content (AvgIpc) is 3.74. The van der Waals surface area contributed by atoms with Gasteiger partial charge < -0.3 is 23.5 Å². The molecular formula is C46H43N3O7S. The van der Waals surface area contributed by atoms with Crippen LogP contribution in [-0.2, 0) is 14.3 Å². The molecule has 10 nitrogen and oxygen atoms in total. The van der Waals surface area contributed by atoms with E-state index in [1.165, 1.54) is 11.3 Å². The molecule has 11 heteroatoms. The van der Waals surface area contributed by atoms with E-state index >= 15 is 0 Å². The third kappa shape index (κ3) is 7.71. The molecule has 0 unspecified atom stereocenters. The van der Waals surface area contributed by atoms with Crippen molar-refractivity contribution in [3.63, 3.8) is 0 Å². The zero-order chi connectivity index (χ0) is 40.2. The van der Waals surface area contributed by atoms with Crippen molar-refractivity contribution in [1.82, 2.24) is 9.13 Å². The van der Waals surface area contributed by atoms with Crippen LogP contribution in [0.5, 0.6) is 11.5 Å². The fraction of sp³-hybridized carbons (Fsp3) is 0.217. The minimum atomic E-state index is -0.847. The summed E-state index contributed by atoms with van der Waals surface area (Å²) in [5, 5.41) is 0. The SMILES string of the molecule is CCOC(=O)C1=C(C)N=c2s/c(=C/c3cc(-c4ccccc4)n(-c4ccc(C(=O)OCC)cc4)c3-c3ccccc3)c(=O)n2[C@H]1c1ccc(OC(C)C)c(OC)c1. The van der Waals surface area contributed by atoms with Crippen LogP contribution >= 0.6 is 11.3 Å². The Morgan fingerprint density at radius 1 is 0.825 bits per heavy atom. The van der Waals surface area contributed by atoms with Crippen LogP contribution in [0.2, 0.25) is 0 Å². The van der Waals surface area contributed by atoms with E-state index in [2.05, 4.69) is 10.6 Å². The van der Waals surface area contributed by atoms with E-state index in [-0.39, 0.29) is 30.5 Å². The van der Waals surface area contributed by atoms with Crippen molar-refractivity contribution in [2.24, 2.45) is 4.99 Å². The Morgan fingerprint density at radius 3 is 2.11 bits per heavy atom. The number of allylic oxidation sites excluding steroid dienone is 1. The highest BCUT2D eigenvalue weighted by molar-refractivity contribution is 7.07. The molecule has 57 heavy (non-hydrogen) atoms. The second-order valence-corrected chi connectivity index (χ2v) is 14.6. The molecule has 2 aromatic heterocycles. The van der Waals surface area contributed by atoms with Crippen molar-refractivity contribution in [2.45, 2.75) is 46.8 Å². The topological polar surface area (TPSA) is 110 Å². The van der Waals surface area contributed by atoms with Gasteiger partial charge in [0.2, 0.25) is 0 Å². The minimum absolute atomic E-state index is 0.0957. The lowest BCUT2D eigenvalue weighted by Gasteiger charge is -2.25. The van der Waals surface area contributed by atoms with Gasteiger partial charge in [-0.3, -0.25) is 9.36 Å². The molecule has 0 saturated carbocycles. The van der Waals surface area contributed by atoms with Crippen molar-refractivity contribution in [3.8, 4) is 39.7 Å². The van der Waals surface area contributed by atoms with Gasteiger partial charge in [-0.05, 0) is 99.8 Å². The second-order valence-electron chi connectivity index (χ2n) is 13.5. The van der Waals surface area contributed by atoms with Crippen molar-refractivity contribution in [1.29, 1.82) is 0 Å². The van der Waals surface area contributed by atoms with Crippen molar-refractivity contribution < 1.29 is 28.5 Å². The van der Waals surface area contributed by atoms with Crippen LogP contribution in [0.4, 0.5) is 0 Å². The first-order valence-electron chi connectivity index (χ1n) is 18.8. The van der Waals surface area contributed by atoms with Crippen molar-refractivity contribution in [2.75, 3.05) is 20.3 Å². The van der Waals surface area contributed by atoms with Crippen LogP contribution < -0.4 is 24.4 Å². The Labute approximate surface area is 334 Å². The monoisotopic (exact) mass is 781 g/mol. The van der Waals surface area contributed by atoms with E-state index in [0.29, 0.717) is 37.7 Å². The van der Waals surface area contributed by atoms with Gasteiger partial charge in [-0.25, -0.2) is 14.6 Å². The Kier molecular flexibility index (Phi) is 11.4. The van der Waals surface area contributed by atoms with E-state index in [1.807, 2.05) is 98.8 Å². The number of benzene rings is 4. The summed E-state index contributed by atoms with van der Waals surface area (Å²) in [7, 11) is 1.56. The standard InChI is InChI=1S/C46H43N3O7S/c1-7-54-44(51)32-19-22-35(23-20-32)48-36(30-15-11-9-12-16-30)25-34(41(48)31-17-13-10-14-18-31)27-39-43(50)49-42(33-21-24-37(56-28(3)4)38(26-33)53-6)40(45(52)55-8-2)29(5)47-46(49)57-39/h9-28,42H,7-8H2,1-6H3/b39-27+/t42-/m0/s1. The number of fused-ring (bicyclic) bond motifs is 1. The molecule has 0 fully saturated rings. The predicted octanol–water partition coefficient (Wildman–Crippen LogP) is 7.90. The Balaban J connectivity index is 1.47. The summed E-state index contributed by atoms with van der Waals surface area (Å²) < 4.78 is 26.6. The number of methoxy groups -OCH3 is 1. The number of hydrogen-bond acceptors (Lipinski definition) is 9. The fourth-order valence-corrected chi connectivity index (χ4v) is 8.07. The largest absolute Gasteiger partial charge is 0.493 e. The number of aromatic nitrogens is 2. The maximum Gasteiger partial charge on any atom is 0.338 e. The highest BCUT2D eigenvalue weighted by atomic mass is 32.1. The molecule has 0 N–H and O–H groups in total. The number of ether oxygens (including phenoxy) is 4. The molecule has 0 spiro atoms. The lowest BCUT2D eigenvalue weighted by Crippen LogP contribution is -2.40. The first-order chi connectivity index (χ1) is 27.6. The van der Waals surface area contributed by atoms with Gasteiger partial charge in [0.1, 0.15) is 0 Å². The summed E-state index contributed by atoms with van der Waals surface area (Å²) in [5.74, 6) is 0.0741. The van der Waals surface area contributed by atoms with Gasteiger partial charge in [0.25, 0.3) is 5.56 Å². The van der Waals surface area contributed by atoms with Crippen molar-refractivity contribution in [3.05, 3.63) is 157 Å². The Morgan fingerprint density at radius 2 is 1.47 bits per heavy atom. The molecule has 1 atom stereocenters. The predicted molar refractivity (Wildman–Crippen MR) is 222 cm³/mol. The third-order valence-corrected chi connectivity index (χ3v) is 10.4. The van der Waals surface area contributed by atoms with Crippen LogP contribution in [-0.4, -0.2) is 47.5 Å². The normalized spacial score (nSPS) is 13.9. The summed E-state index contributed by atoms with van der Waals surface area (Å²) in [6, 6.07) is 33.9. The summed E-state index contributed by atoms with van der Waals surface area (Å²) in [6.07, 6.45) is 1.80. The molecule has 0 aliphatic carbocycles. The van der Waals surface area contributed by atoms with Gasteiger partial charge in [-0.1, -0.05) is 78.1 Å². The summed E-state index contributed by atoms with van der Waals surface area (Å²) >= 11 is 1.25. The van der Waals surface area contributed by atoms with Crippen LogP contribution in [0.25, 0.3) is 34.3 Å². The number of carbonyl (C=O) groups excluding carboxylic acids is 2. The molecule has 0 saturated heterocycles. The molecule has 0 amide bonds. The lowest BCUT2D eigenvalue weighted by molar-refractivity contribution is -0.139. The minimum Gasteiger partial charge on any atom is -0.493 e. The number of rotatable bonds is 12. The smallest absolute Gasteiger partial charge is 0.338 e. The maximum absolute atomic E-state index is 14.8. The molecule has 0 bridgehead atoms. The molecule has 7 rings (SSSR count). The van der Waals surface area contributed by atoms with Crippen LogP contribution in [0.1, 0.15) is 62.1 Å². The molecule has 6 aromatic rings. The first kappa shape index (κ1) is 38.8. The van der Waals surface area contributed by atoms with Crippen LogP contribution in [0.15, 0.2) is 130 Å². The molecule has 1 aliphatic heterocycles. The highest BCUT2D eigenvalue weighted by Crippen LogP contribution is 2.38. The van der Waals surface area contributed by atoms with Gasteiger partial charge in [0, 0.05) is 11.3 Å². The quantitative estimate of drug-likeness (QED) is 0.116. The molecule has 290 valence electrons. The molecule has 1 aliphatic rings. The van der Waals surface area contributed by atoms with E-state index in [4.69, 9.17) is 23.9 Å². The van der Waals surface area contributed by atoms with E-state index in [0.717, 1.165) is 33.8 Å². The lowest BCUT2D eigenvalue weighted by atomic mass is 9.95. The highest BCUT2D eigenvalue weighted by Gasteiger charge is 2.34. The zero-order valence-corrected chi connectivity index (χ0v) is 33.5. The van der Waals surface area contributed by atoms with Gasteiger partial charge >= 0.3 is 11.9 Å². The molecule has 3 heterocycles. The van der Waals surface area contributed by atoms with Crippen LogP contribution in [0, 0.1) is 0 Å². The van der Waals surface area contributed by atoms with Crippen molar-refractivity contribution >= 4 is 29.4 Å². The molecular weight excluding hydrogens is 739 g/mol. The number of carbonyl (C=O) groups is 2. The fourth-order valence-electron chi connectivity index (χ4n) is 7.04. The maximum atomic E-state index is 14.8. The van der Waals surface area contributed by atoms with E-state index in [1.54, 1.807) is 56.7 Å². The average molecular weight is 782 g/mol. The number of esters is 2. The second kappa shape index (κ2) is 16.7. The van der Waals surface area contributed by atoms with E-state index < -0.39 is 18.0 Å². The zero-order valence-electron chi connectivity index (χ0n) is 32.6. The number of hydrogen-bond donors (Lipinski definition) is 0. The number of nitrogens with zero attached hydrogens (tertiary/aromatic N) is 3. The van der Waals surface area contributed by atoms with E-state index in [9.17, 15) is 14.4 Å². The Bertz CT molecular complexity index is 2660. The third-order valence-electron chi connectivity index (χ3n) is 9.45. The molecule has 4 aromatic carbocycles. The van der Waals surface area contributed by atoms with Gasteiger partial charge in [-0.2, -0.15) is 0 Å². The first-order valence-corrected chi connectivity index (χ1v) is 19.6. The summed E-state index contributed by atoms with van der Waals surface area (Å²) in [6.45, 7) is 9.58. The summed E-state index contributed by atoms with van der Waals surface area (Å²) in [5.41, 5.74) is 6.70. The van der Waals surface area contributed by atoms with Gasteiger partial charge in [0.15, 0.2) is 16.3 Å². The van der Waals surface area contributed by atoms with Crippen LogP contribution in [0.3, 0.4) is 0 Å². The van der Waals surface area contributed by atoms with Gasteiger partial charge in [0.05, 0.1) is 65.2 Å². The van der Waals surface area contributed by atoms with Gasteiger partial charge in [-0.15, -0.1) is 0 Å². The number of thiazole rings is 1. The Hall–Kier alpha value is -6.46. The molecule has 0 radical (unpaired) electrons. The summed E-state index contributed by atoms with van der Waals surface area (Å²) in [4.78, 5) is 46.3.